The molecule has 2 aromatic heterocycles. The van der Waals surface area contributed by atoms with Gasteiger partial charge in [-0.3, -0.25) is 14.4 Å². The van der Waals surface area contributed by atoms with Gasteiger partial charge in [-0.2, -0.15) is 5.10 Å². The maximum Gasteiger partial charge on any atom is 0.261 e. The lowest BCUT2D eigenvalue weighted by atomic mass is 9.98. The fourth-order valence-electron chi connectivity index (χ4n) is 3.68. The van der Waals surface area contributed by atoms with Gasteiger partial charge in [0.2, 0.25) is 0 Å². The molecule has 32 heavy (non-hydrogen) atoms. The van der Waals surface area contributed by atoms with Crippen molar-refractivity contribution < 1.29 is 8.42 Å². The number of sulfonamides is 1. The molecule has 2 heterocycles. The summed E-state index contributed by atoms with van der Waals surface area (Å²) in [4.78, 5) is 4.60. The number of anilines is 1. The Morgan fingerprint density at radius 1 is 0.812 bits per heavy atom. The summed E-state index contributed by atoms with van der Waals surface area (Å²) >= 11 is 0. The Kier molecular flexibility index (Phi) is 4.95. The van der Waals surface area contributed by atoms with Crippen LogP contribution in [0, 0.1) is 0 Å². The molecule has 0 amide bonds. The van der Waals surface area contributed by atoms with E-state index in [4.69, 9.17) is 0 Å². The number of rotatable bonds is 5. The summed E-state index contributed by atoms with van der Waals surface area (Å²) in [5, 5.41) is 6.08. The average Bonchev–Trinajstić information content (AvgIpc) is 3.25. The number of aromatic nitrogens is 3. The lowest BCUT2D eigenvalue weighted by molar-refractivity contribution is 0.601. The molecule has 158 valence electrons. The van der Waals surface area contributed by atoms with Gasteiger partial charge >= 0.3 is 0 Å². The summed E-state index contributed by atoms with van der Waals surface area (Å²) in [5.74, 6) is 0. The molecule has 0 unspecified atom stereocenters. The number of benzene rings is 3. The van der Waals surface area contributed by atoms with Crippen molar-refractivity contribution in [2.45, 2.75) is 4.90 Å². The molecule has 7 heteroatoms. The molecule has 5 rings (SSSR count). The van der Waals surface area contributed by atoms with Gasteiger partial charge in [0.15, 0.2) is 0 Å². The molecule has 0 saturated heterocycles. The van der Waals surface area contributed by atoms with E-state index >= 15 is 0 Å². The van der Waals surface area contributed by atoms with Crippen LogP contribution in [-0.4, -0.2) is 23.2 Å². The first kappa shape index (κ1) is 20.0. The number of aryl methyl sites for hydroxylation is 1. The van der Waals surface area contributed by atoms with E-state index in [2.05, 4.69) is 14.8 Å². The fraction of sp³-hybridized carbons (Fsp3) is 0.0400. The predicted octanol–water partition coefficient (Wildman–Crippen LogP) is 5.10. The third kappa shape index (κ3) is 3.86. The first-order valence-corrected chi connectivity index (χ1v) is 11.5. The molecular weight excluding hydrogens is 420 g/mol. The van der Waals surface area contributed by atoms with Crippen molar-refractivity contribution in [3.8, 4) is 22.3 Å². The number of hydrogen-bond donors (Lipinski definition) is 1. The number of nitrogens with zero attached hydrogens (tertiary/aromatic N) is 3. The van der Waals surface area contributed by atoms with E-state index in [1.807, 2.05) is 55.8 Å². The Labute approximate surface area is 186 Å². The Morgan fingerprint density at radius 2 is 1.56 bits per heavy atom. The van der Waals surface area contributed by atoms with Crippen molar-refractivity contribution in [2.75, 3.05) is 4.72 Å². The molecule has 0 atom stereocenters. The molecule has 0 aliphatic carbocycles. The zero-order valence-electron chi connectivity index (χ0n) is 17.3. The third-order valence-electron chi connectivity index (χ3n) is 5.30. The van der Waals surface area contributed by atoms with Crippen molar-refractivity contribution in [2.24, 2.45) is 7.05 Å². The summed E-state index contributed by atoms with van der Waals surface area (Å²) < 4.78 is 29.9. The van der Waals surface area contributed by atoms with E-state index in [1.54, 1.807) is 53.5 Å². The Balaban J connectivity index is 1.52. The van der Waals surface area contributed by atoms with Crippen molar-refractivity contribution >= 4 is 26.5 Å². The fourth-order valence-corrected chi connectivity index (χ4v) is 4.75. The SMILES string of the molecule is Cn1cc(-c2ccc(-c3cncc4ccc(NS(=O)(=O)c5ccccc5)cc34)cc2)cn1. The van der Waals surface area contributed by atoms with Crippen molar-refractivity contribution in [1.29, 1.82) is 0 Å². The number of pyridine rings is 1. The highest BCUT2D eigenvalue weighted by Gasteiger charge is 2.14. The first-order valence-electron chi connectivity index (χ1n) is 10.0. The molecule has 0 saturated carbocycles. The topological polar surface area (TPSA) is 76.9 Å². The van der Waals surface area contributed by atoms with Gasteiger partial charge in [-0.25, -0.2) is 8.42 Å². The lowest BCUT2D eigenvalue weighted by Gasteiger charge is -2.11. The van der Waals surface area contributed by atoms with Crippen molar-refractivity contribution in [3.05, 3.63) is 97.6 Å². The zero-order chi connectivity index (χ0) is 22.1. The van der Waals surface area contributed by atoms with Crippen molar-refractivity contribution in [3.63, 3.8) is 0 Å². The second-order valence-corrected chi connectivity index (χ2v) is 9.20. The molecular formula is C25H20N4O2S. The van der Waals surface area contributed by atoms with E-state index < -0.39 is 10.0 Å². The van der Waals surface area contributed by atoms with Gasteiger partial charge in [-0.1, -0.05) is 48.5 Å². The summed E-state index contributed by atoms with van der Waals surface area (Å²) in [6.45, 7) is 0. The number of fused-ring (bicyclic) bond motifs is 1. The van der Waals surface area contributed by atoms with Gasteiger partial charge in [-0.05, 0) is 40.8 Å². The minimum atomic E-state index is -3.67. The maximum atomic E-state index is 12.7. The molecule has 0 aliphatic heterocycles. The predicted molar refractivity (Wildman–Crippen MR) is 127 cm³/mol. The monoisotopic (exact) mass is 440 g/mol. The van der Waals surface area contributed by atoms with Crippen LogP contribution in [-0.2, 0) is 17.1 Å². The largest absolute Gasteiger partial charge is 0.280 e. The van der Waals surface area contributed by atoms with Crippen LogP contribution in [0.15, 0.2) is 102 Å². The normalized spacial score (nSPS) is 11.5. The minimum absolute atomic E-state index is 0.223. The smallest absolute Gasteiger partial charge is 0.261 e. The van der Waals surface area contributed by atoms with E-state index in [0.29, 0.717) is 5.69 Å². The number of nitrogens with one attached hydrogen (secondary N) is 1. The van der Waals surface area contributed by atoms with Crippen LogP contribution in [0.2, 0.25) is 0 Å². The molecule has 3 aromatic carbocycles. The molecule has 0 aliphatic rings. The standard InChI is InChI=1S/C25H20N4O2S/c1-29-17-21(15-27-29)18-7-9-19(10-8-18)25-16-26-14-20-11-12-22(13-24(20)25)28-32(30,31)23-5-3-2-4-6-23/h2-17,28H,1H3. The quantitative estimate of drug-likeness (QED) is 0.412. The van der Waals surface area contributed by atoms with Crippen LogP contribution < -0.4 is 4.72 Å². The summed E-state index contributed by atoms with van der Waals surface area (Å²) in [6, 6.07) is 22.0. The second kappa shape index (κ2) is 7.94. The van der Waals surface area contributed by atoms with Crippen LogP contribution in [0.1, 0.15) is 0 Å². The molecule has 0 radical (unpaired) electrons. The highest BCUT2D eigenvalue weighted by molar-refractivity contribution is 7.92. The zero-order valence-corrected chi connectivity index (χ0v) is 18.1. The number of hydrogen-bond acceptors (Lipinski definition) is 4. The van der Waals surface area contributed by atoms with E-state index in [1.165, 1.54) is 0 Å². The third-order valence-corrected chi connectivity index (χ3v) is 6.70. The van der Waals surface area contributed by atoms with Gasteiger partial charge in [-0.15, -0.1) is 0 Å². The van der Waals surface area contributed by atoms with Crippen LogP contribution in [0.3, 0.4) is 0 Å². The van der Waals surface area contributed by atoms with E-state index in [9.17, 15) is 8.42 Å². The van der Waals surface area contributed by atoms with Crippen LogP contribution in [0.4, 0.5) is 5.69 Å². The van der Waals surface area contributed by atoms with Gasteiger partial charge < -0.3 is 0 Å². The van der Waals surface area contributed by atoms with Gasteiger partial charge in [0.05, 0.1) is 11.1 Å². The van der Waals surface area contributed by atoms with Gasteiger partial charge in [0.1, 0.15) is 0 Å². The Morgan fingerprint density at radius 3 is 2.28 bits per heavy atom. The molecule has 1 N–H and O–H groups in total. The van der Waals surface area contributed by atoms with Crippen molar-refractivity contribution in [1.82, 2.24) is 14.8 Å². The maximum absolute atomic E-state index is 12.7. The van der Waals surface area contributed by atoms with Gasteiger partial charge in [0.25, 0.3) is 10.0 Å². The highest BCUT2D eigenvalue weighted by atomic mass is 32.2. The highest BCUT2D eigenvalue weighted by Crippen LogP contribution is 2.32. The van der Waals surface area contributed by atoms with E-state index in [-0.39, 0.29) is 4.90 Å². The molecule has 0 fully saturated rings. The second-order valence-electron chi connectivity index (χ2n) is 7.52. The van der Waals surface area contributed by atoms with Crippen LogP contribution in [0.5, 0.6) is 0 Å². The molecule has 0 spiro atoms. The van der Waals surface area contributed by atoms with Crippen LogP contribution in [0.25, 0.3) is 33.0 Å². The summed E-state index contributed by atoms with van der Waals surface area (Å²) in [6.07, 6.45) is 7.38. The minimum Gasteiger partial charge on any atom is -0.280 e. The summed E-state index contributed by atoms with van der Waals surface area (Å²) in [5.41, 5.74) is 4.56. The van der Waals surface area contributed by atoms with Gasteiger partial charge in [0, 0.05) is 47.8 Å². The summed E-state index contributed by atoms with van der Waals surface area (Å²) in [7, 11) is -1.78. The Hall–Kier alpha value is -3.97. The average molecular weight is 441 g/mol. The Bertz CT molecular complexity index is 1510. The molecule has 5 aromatic rings. The van der Waals surface area contributed by atoms with Crippen LogP contribution >= 0.6 is 0 Å². The molecule has 0 bridgehead atoms. The molecule has 6 nitrogen and oxygen atoms in total. The van der Waals surface area contributed by atoms with E-state index in [0.717, 1.165) is 33.0 Å². The first-order chi connectivity index (χ1) is 15.5. The lowest BCUT2D eigenvalue weighted by Crippen LogP contribution is -2.12.